The summed E-state index contributed by atoms with van der Waals surface area (Å²) in [4.78, 5) is 36.3. The number of ether oxygens (including phenoxy) is 1. The summed E-state index contributed by atoms with van der Waals surface area (Å²) in [5, 5.41) is 0. The number of hydrogen-bond donors (Lipinski definition) is 3. The normalized spacial score (nSPS) is 10.8. The van der Waals surface area contributed by atoms with Gasteiger partial charge in [0.15, 0.2) is 6.61 Å². The molecule has 0 heterocycles. The molecule has 0 saturated carbocycles. The molecule has 3 rings (SSSR count). The molecule has 3 aromatic rings. The van der Waals surface area contributed by atoms with Gasteiger partial charge in [0.25, 0.3) is 21.8 Å². The number of benzene rings is 3. The van der Waals surface area contributed by atoms with Crippen LogP contribution in [0.2, 0.25) is 0 Å². The average molecular weight is 496 g/mol. The third-order valence-electron chi connectivity index (χ3n) is 4.97. The minimum absolute atomic E-state index is 0.121. The van der Waals surface area contributed by atoms with E-state index in [0.717, 1.165) is 11.1 Å². The Balaban J connectivity index is 1.51. The summed E-state index contributed by atoms with van der Waals surface area (Å²) in [6.45, 7) is 4.78. The van der Waals surface area contributed by atoms with Gasteiger partial charge in [-0.25, -0.2) is 13.2 Å². The maximum atomic E-state index is 12.7. The molecule has 0 fully saturated rings. The first-order valence-electron chi connectivity index (χ1n) is 10.6. The van der Waals surface area contributed by atoms with Crippen LogP contribution in [0.4, 0.5) is 5.69 Å². The highest BCUT2D eigenvalue weighted by Crippen LogP contribution is 2.21. The summed E-state index contributed by atoms with van der Waals surface area (Å²) in [5.41, 5.74) is 7.56. The van der Waals surface area contributed by atoms with Crippen molar-refractivity contribution < 1.29 is 27.5 Å². The number of rotatable bonds is 7. The fourth-order valence-electron chi connectivity index (χ4n) is 3.04. The highest BCUT2D eigenvalue weighted by Gasteiger charge is 2.18. The largest absolute Gasteiger partial charge is 0.452 e. The van der Waals surface area contributed by atoms with Crippen LogP contribution in [-0.4, -0.2) is 32.8 Å². The molecule has 3 N–H and O–H groups in total. The summed E-state index contributed by atoms with van der Waals surface area (Å²) in [6.07, 6.45) is 0. The first kappa shape index (κ1) is 25.4. The summed E-state index contributed by atoms with van der Waals surface area (Å²) in [7, 11) is -3.81. The SMILES string of the molecule is Cc1ccc(C(=O)NNC(=O)COC(=O)c2ccc(NS(=O)(=O)c3cc(C)ccc3C)cc2)cc1. The third-order valence-corrected chi connectivity index (χ3v) is 6.49. The third kappa shape index (κ3) is 6.90. The van der Waals surface area contributed by atoms with Crippen molar-refractivity contribution in [2.45, 2.75) is 25.7 Å². The topological polar surface area (TPSA) is 131 Å². The van der Waals surface area contributed by atoms with Gasteiger partial charge in [-0.1, -0.05) is 29.8 Å². The summed E-state index contributed by atoms with van der Waals surface area (Å²) >= 11 is 0. The predicted octanol–water partition coefficient (Wildman–Crippen LogP) is 3.03. The molecule has 9 nitrogen and oxygen atoms in total. The van der Waals surface area contributed by atoms with E-state index in [0.29, 0.717) is 11.1 Å². The molecule has 0 unspecified atom stereocenters. The summed E-state index contributed by atoms with van der Waals surface area (Å²) in [5.74, 6) is -2.02. The number of nitrogens with one attached hydrogen (secondary N) is 3. The van der Waals surface area contributed by atoms with Crippen molar-refractivity contribution >= 4 is 33.5 Å². The molecule has 0 saturated heterocycles. The minimum atomic E-state index is -3.81. The highest BCUT2D eigenvalue weighted by molar-refractivity contribution is 7.92. The predicted molar refractivity (Wildman–Crippen MR) is 130 cm³/mol. The molecule has 0 aromatic heterocycles. The molecule has 2 amide bonds. The van der Waals surface area contributed by atoms with Gasteiger partial charge in [-0.2, -0.15) is 0 Å². The maximum Gasteiger partial charge on any atom is 0.338 e. The lowest BCUT2D eigenvalue weighted by atomic mass is 10.1. The van der Waals surface area contributed by atoms with Crippen molar-refractivity contribution in [1.29, 1.82) is 0 Å². The molecule has 0 aliphatic heterocycles. The Morgan fingerprint density at radius 3 is 2.03 bits per heavy atom. The van der Waals surface area contributed by atoms with Crippen molar-refractivity contribution in [1.82, 2.24) is 10.9 Å². The van der Waals surface area contributed by atoms with Crippen molar-refractivity contribution in [2.75, 3.05) is 11.3 Å². The Labute approximate surface area is 203 Å². The number of hydrogen-bond acceptors (Lipinski definition) is 6. The molecular formula is C25H25N3O6S. The number of sulfonamides is 1. The Hall–Kier alpha value is -4.18. The fourth-order valence-corrected chi connectivity index (χ4v) is 4.42. The van der Waals surface area contributed by atoms with Crippen LogP contribution in [0.5, 0.6) is 0 Å². The van der Waals surface area contributed by atoms with Crippen LogP contribution in [-0.2, 0) is 19.6 Å². The van der Waals surface area contributed by atoms with E-state index in [1.54, 1.807) is 50.2 Å². The first-order chi connectivity index (χ1) is 16.5. The first-order valence-corrected chi connectivity index (χ1v) is 12.1. The molecule has 0 spiro atoms. The monoisotopic (exact) mass is 495 g/mol. The lowest BCUT2D eigenvalue weighted by Gasteiger charge is -2.12. The zero-order chi connectivity index (χ0) is 25.6. The summed E-state index contributed by atoms with van der Waals surface area (Å²) < 4.78 is 32.8. The second kappa shape index (κ2) is 10.8. The van der Waals surface area contributed by atoms with E-state index >= 15 is 0 Å². The van der Waals surface area contributed by atoms with Gasteiger partial charge in [0.05, 0.1) is 10.5 Å². The van der Waals surface area contributed by atoms with E-state index in [1.807, 2.05) is 13.0 Å². The Morgan fingerprint density at radius 1 is 0.771 bits per heavy atom. The zero-order valence-electron chi connectivity index (χ0n) is 19.4. The van der Waals surface area contributed by atoms with Crippen LogP contribution >= 0.6 is 0 Å². The Kier molecular flexibility index (Phi) is 7.87. The molecule has 3 aromatic carbocycles. The Morgan fingerprint density at radius 2 is 1.37 bits per heavy atom. The molecule has 0 aliphatic carbocycles. The quantitative estimate of drug-likeness (QED) is 0.341. The van der Waals surface area contributed by atoms with Crippen LogP contribution in [0.15, 0.2) is 71.6 Å². The molecule has 182 valence electrons. The molecule has 35 heavy (non-hydrogen) atoms. The van der Waals surface area contributed by atoms with E-state index in [4.69, 9.17) is 4.74 Å². The van der Waals surface area contributed by atoms with Crippen LogP contribution in [0.25, 0.3) is 0 Å². The van der Waals surface area contributed by atoms with E-state index in [1.165, 1.54) is 24.3 Å². The van der Waals surface area contributed by atoms with Crippen LogP contribution in [0.3, 0.4) is 0 Å². The van der Waals surface area contributed by atoms with Crippen LogP contribution < -0.4 is 15.6 Å². The maximum absolute atomic E-state index is 12.7. The lowest BCUT2D eigenvalue weighted by molar-refractivity contribution is -0.125. The lowest BCUT2D eigenvalue weighted by Crippen LogP contribution is -2.43. The van der Waals surface area contributed by atoms with Crippen molar-refractivity contribution in [3.63, 3.8) is 0 Å². The molecule has 0 atom stereocenters. The smallest absolute Gasteiger partial charge is 0.338 e. The van der Waals surface area contributed by atoms with Gasteiger partial charge in [0.1, 0.15) is 0 Å². The van der Waals surface area contributed by atoms with E-state index < -0.39 is 34.4 Å². The van der Waals surface area contributed by atoms with E-state index in [9.17, 15) is 22.8 Å². The molecule has 10 heteroatoms. The number of aryl methyl sites for hydroxylation is 3. The fraction of sp³-hybridized carbons (Fsp3) is 0.160. The van der Waals surface area contributed by atoms with Gasteiger partial charge in [0, 0.05) is 11.3 Å². The number of amides is 2. The van der Waals surface area contributed by atoms with Gasteiger partial charge in [-0.15, -0.1) is 0 Å². The van der Waals surface area contributed by atoms with Gasteiger partial charge >= 0.3 is 5.97 Å². The number of anilines is 1. The summed E-state index contributed by atoms with van der Waals surface area (Å²) in [6, 6.07) is 17.5. The molecular weight excluding hydrogens is 470 g/mol. The van der Waals surface area contributed by atoms with Gasteiger partial charge in [-0.3, -0.25) is 25.2 Å². The number of esters is 1. The number of carbonyl (C=O) groups excluding carboxylic acids is 3. The van der Waals surface area contributed by atoms with Gasteiger partial charge in [-0.05, 0) is 74.4 Å². The van der Waals surface area contributed by atoms with E-state index in [-0.39, 0.29) is 16.1 Å². The number of carbonyl (C=O) groups is 3. The molecule has 0 aliphatic rings. The second-order valence-electron chi connectivity index (χ2n) is 7.90. The van der Waals surface area contributed by atoms with Crippen molar-refractivity contribution in [3.8, 4) is 0 Å². The van der Waals surface area contributed by atoms with Crippen molar-refractivity contribution in [3.05, 3.63) is 94.5 Å². The second-order valence-corrected chi connectivity index (χ2v) is 9.55. The molecule has 0 radical (unpaired) electrons. The highest BCUT2D eigenvalue weighted by atomic mass is 32.2. The molecule has 0 bridgehead atoms. The zero-order valence-corrected chi connectivity index (χ0v) is 20.2. The standard InChI is InChI=1S/C25H25N3O6S/c1-16-5-8-19(9-6-16)24(30)27-26-23(29)15-34-25(31)20-10-12-21(13-11-20)28-35(32,33)22-14-17(2)4-7-18(22)3/h4-14,28H,15H2,1-3H3,(H,26,29)(H,27,30). The van der Waals surface area contributed by atoms with Crippen molar-refractivity contribution in [2.24, 2.45) is 0 Å². The number of hydrazine groups is 1. The minimum Gasteiger partial charge on any atom is -0.452 e. The van der Waals surface area contributed by atoms with Crippen LogP contribution in [0, 0.1) is 20.8 Å². The Bertz CT molecular complexity index is 1350. The van der Waals surface area contributed by atoms with Gasteiger partial charge in [0.2, 0.25) is 0 Å². The van der Waals surface area contributed by atoms with E-state index in [2.05, 4.69) is 15.6 Å². The van der Waals surface area contributed by atoms with Crippen LogP contribution in [0.1, 0.15) is 37.4 Å². The average Bonchev–Trinajstić information content (AvgIpc) is 2.83. The van der Waals surface area contributed by atoms with Gasteiger partial charge < -0.3 is 4.74 Å².